The molecule has 0 saturated heterocycles. The monoisotopic (exact) mass is 304 g/mol. The predicted octanol–water partition coefficient (Wildman–Crippen LogP) is 2.33. The van der Waals surface area contributed by atoms with Crippen molar-refractivity contribution in [2.75, 3.05) is 14.2 Å². The van der Waals surface area contributed by atoms with E-state index in [0.717, 1.165) is 22.3 Å². The topological polar surface area (TPSA) is 58.5 Å². The standard InChI is InChI=1S/C15H20N4OS/c1-11-8-17-14(21-11)10-19-15(16-2)18-9-12-5-4-6-13(7-12)20-3/h4-8H,9-10H2,1-3H3,(H2,16,18,19). The van der Waals surface area contributed by atoms with Crippen LogP contribution in [0.25, 0.3) is 0 Å². The molecule has 2 N–H and O–H groups in total. The molecule has 21 heavy (non-hydrogen) atoms. The van der Waals surface area contributed by atoms with Gasteiger partial charge in [0.1, 0.15) is 10.8 Å². The Morgan fingerprint density at radius 1 is 1.33 bits per heavy atom. The van der Waals surface area contributed by atoms with Crippen molar-refractivity contribution in [3.8, 4) is 5.75 Å². The molecule has 1 aromatic heterocycles. The Bertz CT molecular complexity index is 609. The van der Waals surface area contributed by atoms with Gasteiger partial charge in [0.05, 0.1) is 13.7 Å². The normalized spacial score (nSPS) is 11.3. The summed E-state index contributed by atoms with van der Waals surface area (Å²) in [6.45, 7) is 3.42. The third-order valence-corrected chi connectivity index (χ3v) is 3.81. The molecule has 112 valence electrons. The fourth-order valence-electron chi connectivity index (χ4n) is 1.83. The molecule has 0 aliphatic heterocycles. The van der Waals surface area contributed by atoms with E-state index in [1.165, 1.54) is 4.88 Å². The summed E-state index contributed by atoms with van der Waals surface area (Å²) in [6.07, 6.45) is 1.88. The van der Waals surface area contributed by atoms with Crippen molar-refractivity contribution < 1.29 is 4.74 Å². The van der Waals surface area contributed by atoms with Gasteiger partial charge in [-0.3, -0.25) is 4.99 Å². The number of hydrogen-bond donors (Lipinski definition) is 2. The molecule has 1 aromatic carbocycles. The summed E-state index contributed by atoms with van der Waals surface area (Å²) in [5.74, 6) is 1.61. The highest BCUT2D eigenvalue weighted by Crippen LogP contribution is 2.12. The second-order valence-electron chi connectivity index (χ2n) is 4.50. The van der Waals surface area contributed by atoms with Crippen molar-refractivity contribution in [1.29, 1.82) is 0 Å². The summed E-state index contributed by atoms with van der Waals surface area (Å²) in [4.78, 5) is 9.74. The molecular formula is C15H20N4OS. The Hall–Kier alpha value is -2.08. The fraction of sp³-hybridized carbons (Fsp3) is 0.333. The van der Waals surface area contributed by atoms with Gasteiger partial charge in [0.25, 0.3) is 0 Å². The van der Waals surface area contributed by atoms with Crippen LogP contribution in [0.5, 0.6) is 5.75 Å². The number of ether oxygens (including phenoxy) is 1. The van der Waals surface area contributed by atoms with Crippen molar-refractivity contribution >= 4 is 17.3 Å². The average Bonchev–Trinajstić information content (AvgIpc) is 2.93. The lowest BCUT2D eigenvalue weighted by atomic mass is 10.2. The molecule has 0 amide bonds. The van der Waals surface area contributed by atoms with Crippen molar-refractivity contribution in [2.45, 2.75) is 20.0 Å². The van der Waals surface area contributed by atoms with E-state index in [-0.39, 0.29) is 0 Å². The second kappa shape index (κ2) is 7.64. The van der Waals surface area contributed by atoms with E-state index in [0.29, 0.717) is 13.1 Å². The molecule has 2 rings (SSSR count). The van der Waals surface area contributed by atoms with Gasteiger partial charge in [-0.25, -0.2) is 4.98 Å². The minimum Gasteiger partial charge on any atom is -0.497 e. The Balaban J connectivity index is 1.84. The van der Waals surface area contributed by atoms with Crippen LogP contribution >= 0.6 is 11.3 Å². The highest BCUT2D eigenvalue weighted by molar-refractivity contribution is 7.11. The van der Waals surface area contributed by atoms with Crippen LogP contribution in [0, 0.1) is 6.92 Å². The lowest BCUT2D eigenvalue weighted by molar-refractivity contribution is 0.414. The second-order valence-corrected chi connectivity index (χ2v) is 5.81. The first-order valence-electron chi connectivity index (χ1n) is 6.70. The molecule has 5 nitrogen and oxygen atoms in total. The van der Waals surface area contributed by atoms with Crippen LogP contribution in [0.4, 0.5) is 0 Å². The zero-order valence-corrected chi connectivity index (χ0v) is 13.3. The molecule has 0 radical (unpaired) electrons. The van der Waals surface area contributed by atoms with Gasteiger partial charge in [-0.1, -0.05) is 12.1 Å². The maximum Gasteiger partial charge on any atom is 0.191 e. The Morgan fingerprint density at radius 2 is 2.14 bits per heavy atom. The number of aromatic nitrogens is 1. The molecule has 0 aliphatic rings. The zero-order chi connectivity index (χ0) is 15.1. The Labute approximate surface area is 129 Å². The maximum absolute atomic E-state index is 5.22. The van der Waals surface area contributed by atoms with Crippen LogP contribution in [-0.2, 0) is 13.1 Å². The van der Waals surface area contributed by atoms with Gasteiger partial charge in [0.15, 0.2) is 5.96 Å². The van der Waals surface area contributed by atoms with Crippen LogP contribution in [-0.4, -0.2) is 25.1 Å². The maximum atomic E-state index is 5.22. The predicted molar refractivity (Wildman–Crippen MR) is 86.9 cm³/mol. The van der Waals surface area contributed by atoms with Crippen LogP contribution in [0.1, 0.15) is 15.4 Å². The quantitative estimate of drug-likeness (QED) is 0.657. The molecule has 0 bridgehead atoms. The first kappa shape index (κ1) is 15.3. The smallest absolute Gasteiger partial charge is 0.191 e. The summed E-state index contributed by atoms with van der Waals surface area (Å²) >= 11 is 1.69. The number of aliphatic imine (C=N–C) groups is 1. The molecule has 6 heteroatoms. The number of aryl methyl sites for hydroxylation is 1. The largest absolute Gasteiger partial charge is 0.497 e. The van der Waals surface area contributed by atoms with E-state index in [9.17, 15) is 0 Å². The van der Waals surface area contributed by atoms with Gasteiger partial charge in [-0.2, -0.15) is 0 Å². The number of guanidine groups is 1. The lowest BCUT2D eigenvalue weighted by Crippen LogP contribution is -2.36. The first-order valence-corrected chi connectivity index (χ1v) is 7.51. The van der Waals surface area contributed by atoms with Gasteiger partial charge in [-0.05, 0) is 24.6 Å². The van der Waals surface area contributed by atoms with Crippen molar-refractivity contribution in [1.82, 2.24) is 15.6 Å². The van der Waals surface area contributed by atoms with E-state index in [4.69, 9.17) is 4.74 Å². The molecule has 0 fully saturated rings. The fourth-order valence-corrected chi connectivity index (χ4v) is 2.56. The summed E-state index contributed by atoms with van der Waals surface area (Å²) < 4.78 is 5.22. The van der Waals surface area contributed by atoms with E-state index >= 15 is 0 Å². The number of benzene rings is 1. The molecule has 0 aliphatic carbocycles. The lowest BCUT2D eigenvalue weighted by Gasteiger charge is -2.11. The summed E-state index contributed by atoms with van der Waals surface area (Å²) in [5.41, 5.74) is 1.14. The SMILES string of the molecule is CN=C(NCc1cccc(OC)c1)NCc1ncc(C)s1. The van der Waals surface area contributed by atoms with Gasteiger partial charge in [0, 0.05) is 24.7 Å². The van der Waals surface area contributed by atoms with Gasteiger partial charge < -0.3 is 15.4 Å². The van der Waals surface area contributed by atoms with Crippen LogP contribution < -0.4 is 15.4 Å². The van der Waals surface area contributed by atoms with Gasteiger partial charge in [-0.15, -0.1) is 11.3 Å². The molecule has 0 spiro atoms. The number of rotatable bonds is 5. The van der Waals surface area contributed by atoms with Crippen molar-refractivity contribution in [2.24, 2.45) is 4.99 Å². The van der Waals surface area contributed by atoms with E-state index in [2.05, 4.69) is 27.5 Å². The van der Waals surface area contributed by atoms with Crippen molar-refractivity contribution in [3.05, 3.63) is 45.9 Å². The third-order valence-electron chi connectivity index (χ3n) is 2.89. The van der Waals surface area contributed by atoms with E-state index in [1.54, 1.807) is 25.5 Å². The molecule has 1 heterocycles. The average molecular weight is 304 g/mol. The minimum absolute atomic E-state index is 0.677. The Kier molecular flexibility index (Phi) is 5.57. The molecule has 2 aromatic rings. The van der Waals surface area contributed by atoms with Crippen LogP contribution in [0.2, 0.25) is 0 Å². The first-order chi connectivity index (χ1) is 10.2. The van der Waals surface area contributed by atoms with Gasteiger partial charge >= 0.3 is 0 Å². The molecule has 0 unspecified atom stereocenters. The number of nitrogens with zero attached hydrogens (tertiary/aromatic N) is 2. The number of hydrogen-bond acceptors (Lipinski definition) is 4. The Morgan fingerprint density at radius 3 is 2.81 bits per heavy atom. The zero-order valence-electron chi connectivity index (χ0n) is 12.5. The van der Waals surface area contributed by atoms with Crippen molar-refractivity contribution in [3.63, 3.8) is 0 Å². The van der Waals surface area contributed by atoms with E-state index < -0.39 is 0 Å². The molecule has 0 atom stereocenters. The minimum atomic E-state index is 0.677. The van der Waals surface area contributed by atoms with Crippen LogP contribution in [0.15, 0.2) is 35.5 Å². The number of methoxy groups -OCH3 is 1. The summed E-state index contributed by atoms with van der Waals surface area (Å²) in [6, 6.07) is 7.96. The van der Waals surface area contributed by atoms with Gasteiger partial charge in [0.2, 0.25) is 0 Å². The summed E-state index contributed by atoms with van der Waals surface area (Å²) in [5, 5.41) is 7.58. The highest BCUT2D eigenvalue weighted by atomic mass is 32.1. The molecular weight excluding hydrogens is 284 g/mol. The number of thiazole rings is 1. The molecule has 0 saturated carbocycles. The van der Waals surface area contributed by atoms with Crippen LogP contribution in [0.3, 0.4) is 0 Å². The third kappa shape index (κ3) is 4.75. The summed E-state index contributed by atoms with van der Waals surface area (Å²) in [7, 11) is 3.43. The number of nitrogens with one attached hydrogen (secondary N) is 2. The highest BCUT2D eigenvalue weighted by Gasteiger charge is 2.02. The van der Waals surface area contributed by atoms with E-state index in [1.807, 2.05) is 30.5 Å².